The molecule has 1 aliphatic heterocycles. The lowest BCUT2D eigenvalue weighted by Gasteiger charge is -2.23. The van der Waals surface area contributed by atoms with Crippen molar-refractivity contribution in [1.82, 2.24) is 14.5 Å². The Morgan fingerprint density at radius 3 is 2.58 bits per heavy atom. The molecular weight excluding hydrogens is 474 g/mol. The van der Waals surface area contributed by atoms with Gasteiger partial charge in [-0.15, -0.1) is 0 Å². The average molecular weight is 500 g/mol. The highest BCUT2D eigenvalue weighted by Gasteiger charge is 2.28. The van der Waals surface area contributed by atoms with Crippen molar-refractivity contribution < 1.29 is 9.59 Å². The quantitative estimate of drug-likeness (QED) is 0.436. The fourth-order valence-electron chi connectivity index (χ4n) is 4.68. The normalized spacial score (nSPS) is 12.7. The van der Waals surface area contributed by atoms with E-state index in [1.54, 1.807) is 41.4 Å². The molecule has 0 radical (unpaired) electrons. The van der Waals surface area contributed by atoms with Gasteiger partial charge in [-0.3, -0.25) is 14.6 Å². The number of halogens is 1. The van der Waals surface area contributed by atoms with Crippen LogP contribution in [0.2, 0.25) is 5.02 Å². The number of carbonyl (C=O) groups excluding carboxylic acids is 2. The fourth-order valence-corrected chi connectivity index (χ4v) is 4.89. The second-order valence-corrected chi connectivity index (χ2v) is 9.53. The third-order valence-corrected chi connectivity index (χ3v) is 6.69. The van der Waals surface area contributed by atoms with Crippen molar-refractivity contribution in [3.63, 3.8) is 0 Å². The molecule has 3 heterocycles. The lowest BCUT2D eigenvalue weighted by atomic mass is 10.0. The zero-order valence-corrected chi connectivity index (χ0v) is 20.9. The van der Waals surface area contributed by atoms with Gasteiger partial charge in [0.05, 0.1) is 28.4 Å². The van der Waals surface area contributed by atoms with Crippen LogP contribution in [0.15, 0.2) is 72.9 Å². The van der Waals surface area contributed by atoms with Gasteiger partial charge in [-0.05, 0) is 62.1 Å². The van der Waals surface area contributed by atoms with Crippen LogP contribution in [-0.4, -0.2) is 40.4 Å². The van der Waals surface area contributed by atoms with Gasteiger partial charge in [-0.25, -0.2) is 0 Å². The van der Waals surface area contributed by atoms with E-state index in [-0.39, 0.29) is 16.5 Å². The van der Waals surface area contributed by atoms with Gasteiger partial charge >= 0.3 is 0 Å². The molecule has 36 heavy (non-hydrogen) atoms. The number of carbonyl (C=O) groups is 2. The van der Waals surface area contributed by atoms with Gasteiger partial charge in [0.1, 0.15) is 0 Å². The smallest absolute Gasteiger partial charge is 0.260 e. The number of pyridine rings is 1. The van der Waals surface area contributed by atoms with Crippen LogP contribution >= 0.6 is 11.6 Å². The topological polar surface area (TPSA) is 84.5 Å². The lowest BCUT2D eigenvalue weighted by Crippen LogP contribution is -2.31. The molecule has 182 valence electrons. The summed E-state index contributed by atoms with van der Waals surface area (Å²) in [5.41, 5.74) is 11.4. The molecule has 2 aromatic heterocycles. The molecule has 2 amide bonds. The Bertz CT molecular complexity index is 1480. The summed E-state index contributed by atoms with van der Waals surface area (Å²) in [4.78, 5) is 34.5. The minimum atomic E-state index is -0.638. The summed E-state index contributed by atoms with van der Waals surface area (Å²) in [5, 5.41) is 0.255. The summed E-state index contributed by atoms with van der Waals surface area (Å²) in [6.45, 7) is 1.91. The number of hydrogen-bond donors (Lipinski definition) is 1. The Kier molecular flexibility index (Phi) is 6.35. The van der Waals surface area contributed by atoms with Gasteiger partial charge in [0.15, 0.2) is 0 Å². The van der Waals surface area contributed by atoms with E-state index in [2.05, 4.69) is 32.7 Å². The first-order valence-electron chi connectivity index (χ1n) is 11.6. The summed E-state index contributed by atoms with van der Waals surface area (Å²) in [6, 6.07) is 20.6. The number of rotatable bonds is 5. The van der Waals surface area contributed by atoms with Crippen molar-refractivity contribution in [3.05, 3.63) is 106 Å². The van der Waals surface area contributed by atoms with Crippen LogP contribution in [0.3, 0.4) is 0 Å². The van der Waals surface area contributed by atoms with Gasteiger partial charge in [-0.1, -0.05) is 35.9 Å². The predicted molar refractivity (Wildman–Crippen MR) is 141 cm³/mol. The van der Waals surface area contributed by atoms with Crippen LogP contribution in [0, 0.1) is 0 Å². The Morgan fingerprint density at radius 1 is 1.00 bits per heavy atom. The van der Waals surface area contributed by atoms with Gasteiger partial charge in [0, 0.05) is 41.9 Å². The summed E-state index contributed by atoms with van der Waals surface area (Å²) in [5.74, 6) is -0.814. The van der Waals surface area contributed by atoms with Crippen LogP contribution in [-0.2, 0) is 19.6 Å². The highest BCUT2D eigenvalue weighted by Crippen LogP contribution is 2.33. The molecule has 5 rings (SSSR count). The number of amides is 2. The summed E-state index contributed by atoms with van der Waals surface area (Å²) >= 11 is 6.16. The molecule has 8 heteroatoms. The number of anilines is 1. The van der Waals surface area contributed by atoms with Gasteiger partial charge < -0.3 is 20.1 Å². The van der Waals surface area contributed by atoms with E-state index < -0.39 is 5.91 Å². The van der Waals surface area contributed by atoms with Crippen LogP contribution in [0.5, 0.6) is 0 Å². The van der Waals surface area contributed by atoms with Gasteiger partial charge in [0.25, 0.3) is 5.91 Å². The van der Waals surface area contributed by atoms with E-state index in [4.69, 9.17) is 17.3 Å². The molecule has 2 aromatic carbocycles. The first kappa shape index (κ1) is 23.8. The monoisotopic (exact) mass is 499 g/mol. The molecule has 0 saturated carbocycles. The lowest BCUT2D eigenvalue weighted by molar-refractivity contribution is 0.0982. The van der Waals surface area contributed by atoms with E-state index in [1.165, 1.54) is 5.69 Å². The van der Waals surface area contributed by atoms with Crippen LogP contribution in [0.25, 0.3) is 11.3 Å². The maximum atomic E-state index is 14.1. The van der Waals surface area contributed by atoms with Crippen molar-refractivity contribution in [1.29, 1.82) is 0 Å². The largest absolute Gasteiger partial charge is 0.366 e. The fraction of sp³-hybridized carbons (Fsp3) is 0.179. The molecule has 0 aliphatic carbocycles. The highest BCUT2D eigenvalue weighted by atomic mass is 35.5. The van der Waals surface area contributed by atoms with Crippen molar-refractivity contribution in [3.8, 4) is 11.3 Å². The average Bonchev–Trinajstić information content (AvgIpc) is 3.13. The van der Waals surface area contributed by atoms with Crippen LogP contribution in [0.4, 0.5) is 5.69 Å². The summed E-state index contributed by atoms with van der Waals surface area (Å²) < 4.78 is 2.29. The third-order valence-electron chi connectivity index (χ3n) is 6.36. The van der Waals surface area contributed by atoms with Gasteiger partial charge in [0.2, 0.25) is 5.91 Å². The number of benzene rings is 2. The third kappa shape index (κ3) is 4.39. The van der Waals surface area contributed by atoms with E-state index in [9.17, 15) is 9.59 Å². The Labute approximate surface area is 214 Å². The Hall–Kier alpha value is -3.94. The minimum absolute atomic E-state index is 0.176. The molecule has 0 saturated heterocycles. The summed E-state index contributed by atoms with van der Waals surface area (Å²) in [6.07, 6.45) is 1.62. The van der Waals surface area contributed by atoms with Crippen molar-refractivity contribution >= 4 is 29.1 Å². The number of nitrogens with zero attached hydrogens (tertiary/aromatic N) is 4. The van der Waals surface area contributed by atoms with E-state index >= 15 is 0 Å². The number of hydrogen-bond acceptors (Lipinski definition) is 4. The molecule has 4 aromatic rings. The molecule has 0 unspecified atom stereocenters. The number of fused-ring (bicyclic) bond motifs is 2. The van der Waals surface area contributed by atoms with Crippen LogP contribution < -0.4 is 10.6 Å². The Morgan fingerprint density at radius 2 is 1.81 bits per heavy atom. The molecule has 2 N–H and O–H groups in total. The number of primary amides is 1. The molecule has 0 atom stereocenters. The van der Waals surface area contributed by atoms with Crippen molar-refractivity contribution in [2.24, 2.45) is 5.73 Å². The zero-order valence-electron chi connectivity index (χ0n) is 20.1. The van der Waals surface area contributed by atoms with E-state index in [0.29, 0.717) is 29.9 Å². The molecule has 0 bridgehead atoms. The number of nitrogens with two attached hydrogens (primary N) is 1. The van der Waals surface area contributed by atoms with Gasteiger partial charge in [-0.2, -0.15) is 0 Å². The number of aromatic nitrogens is 2. The maximum absolute atomic E-state index is 14.1. The zero-order chi connectivity index (χ0) is 25.4. The first-order chi connectivity index (χ1) is 17.3. The van der Waals surface area contributed by atoms with Crippen LogP contribution in [0.1, 0.15) is 37.7 Å². The Balaban J connectivity index is 1.60. The molecule has 0 fully saturated rings. The number of para-hydroxylation sites is 1. The molecular formula is C28H26ClN5O2. The first-order valence-corrected chi connectivity index (χ1v) is 12.0. The standard InChI is InChI=1S/C28H26ClN5O2/c1-32(2)16-20-10-11-21-17-34(25-8-4-3-6-19(25)15-33(20)21)28(36)22-7-5-13-31-26(22)18-9-12-24(29)23(14-18)27(30)35/h3-14H,15-17H2,1-2H3,(H2,30,35). The minimum Gasteiger partial charge on any atom is -0.366 e. The SMILES string of the molecule is CN(C)Cc1ccc2n1Cc1ccccc1N(C(=O)c1cccnc1-c1ccc(Cl)c(C(N)=O)c1)C2. The van der Waals surface area contributed by atoms with E-state index in [0.717, 1.165) is 23.5 Å². The second-order valence-electron chi connectivity index (χ2n) is 9.12. The van der Waals surface area contributed by atoms with E-state index in [1.807, 2.05) is 32.3 Å². The second kappa shape index (κ2) is 9.60. The van der Waals surface area contributed by atoms with Crippen molar-refractivity contribution in [2.45, 2.75) is 19.6 Å². The summed E-state index contributed by atoms with van der Waals surface area (Å²) in [7, 11) is 4.09. The predicted octanol–water partition coefficient (Wildman–Crippen LogP) is 4.57. The van der Waals surface area contributed by atoms with Crippen molar-refractivity contribution in [2.75, 3.05) is 19.0 Å². The molecule has 1 aliphatic rings. The maximum Gasteiger partial charge on any atom is 0.260 e. The molecule has 0 spiro atoms. The highest BCUT2D eigenvalue weighted by molar-refractivity contribution is 6.34. The molecule has 7 nitrogen and oxygen atoms in total.